The fourth-order valence-electron chi connectivity index (χ4n) is 1.08. The van der Waals surface area contributed by atoms with Gasteiger partial charge in [0.1, 0.15) is 0 Å². The zero-order valence-electron chi connectivity index (χ0n) is 10.4. The number of benzene rings is 1. The van der Waals surface area contributed by atoms with E-state index < -0.39 is 30.1 Å². The summed E-state index contributed by atoms with van der Waals surface area (Å²) in [6, 6.07) is 6.92. The highest BCUT2D eigenvalue weighted by Crippen LogP contribution is 2.05. The maximum absolute atomic E-state index is 10.4. The molecule has 1 rings (SSSR count). The van der Waals surface area contributed by atoms with Gasteiger partial charge in [-0.05, 0) is 18.6 Å². The summed E-state index contributed by atoms with van der Waals surface area (Å²) < 4.78 is 0. The van der Waals surface area contributed by atoms with Gasteiger partial charge in [-0.15, -0.1) is 0 Å². The molecule has 2 atom stereocenters. The van der Waals surface area contributed by atoms with Crippen molar-refractivity contribution in [3.63, 3.8) is 0 Å². The Morgan fingerprint density at radius 1 is 0.900 bits per heavy atom. The SMILES string of the molecule is Cc1ccccc1C(=O)O.O=C(O)C(O)C(O)C(=O)O. The topological polar surface area (TPSA) is 152 Å². The summed E-state index contributed by atoms with van der Waals surface area (Å²) in [6.45, 7) is 1.78. The molecule has 1 aromatic rings. The first-order chi connectivity index (χ1) is 9.18. The monoisotopic (exact) mass is 286 g/mol. The molecule has 0 saturated heterocycles. The lowest BCUT2D eigenvalue weighted by Gasteiger charge is -2.07. The Morgan fingerprint density at radius 2 is 1.30 bits per heavy atom. The molecule has 0 heterocycles. The van der Waals surface area contributed by atoms with Crippen LogP contribution in [0, 0.1) is 6.92 Å². The van der Waals surface area contributed by atoms with Crippen molar-refractivity contribution in [1.29, 1.82) is 0 Å². The van der Waals surface area contributed by atoms with Gasteiger partial charge < -0.3 is 25.5 Å². The summed E-state index contributed by atoms with van der Waals surface area (Å²) in [7, 11) is 0. The molecule has 0 bridgehead atoms. The third kappa shape index (κ3) is 5.46. The molecule has 8 nitrogen and oxygen atoms in total. The molecule has 1 aromatic carbocycles. The van der Waals surface area contributed by atoms with E-state index in [0.717, 1.165) is 5.56 Å². The van der Waals surface area contributed by atoms with Crippen molar-refractivity contribution in [2.75, 3.05) is 0 Å². The molecule has 0 saturated carbocycles. The summed E-state index contributed by atoms with van der Waals surface area (Å²) >= 11 is 0. The maximum Gasteiger partial charge on any atom is 0.335 e. The summed E-state index contributed by atoms with van der Waals surface area (Å²) in [5, 5.41) is 41.1. The minimum absolute atomic E-state index is 0.377. The Balaban J connectivity index is 0.000000361. The number of aliphatic hydroxyl groups excluding tert-OH is 2. The van der Waals surface area contributed by atoms with Crippen LogP contribution in [0.1, 0.15) is 15.9 Å². The second-order valence-electron chi connectivity index (χ2n) is 3.69. The van der Waals surface area contributed by atoms with E-state index in [1.807, 2.05) is 6.07 Å². The molecule has 0 aliphatic rings. The number of aliphatic hydroxyl groups is 2. The third-order valence-corrected chi connectivity index (χ3v) is 2.18. The van der Waals surface area contributed by atoms with Gasteiger partial charge >= 0.3 is 17.9 Å². The van der Waals surface area contributed by atoms with Crippen LogP contribution in [0.3, 0.4) is 0 Å². The van der Waals surface area contributed by atoms with Crippen LogP contribution in [0.4, 0.5) is 0 Å². The first-order valence-electron chi connectivity index (χ1n) is 5.29. The lowest BCUT2D eigenvalue weighted by Crippen LogP contribution is -2.39. The quantitative estimate of drug-likeness (QED) is 0.500. The average Bonchev–Trinajstić information content (AvgIpc) is 2.37. The number of aryl methyl sites for hydroxylation is 1. The van der Waals surface area contributed by atoms with E-state index in [4.69, 9.17) is 25.5 Å². The number of rotatable bonds is 4. The van der Waals surface area contributed by atoms with Crippen molar-refractivity contribution in [2.45, 2.75) is 19.1 Å². The Bertz CT molecular complexity index is 478. The number of aliphatic carboxylic acids is 2. The number of hydrogen-bond donors (Lipinski definition) is 5. The van der Waals surface area contributed by atoms with Crippen LogP contribution >= 0.6 is 0 Å². The minimum atomic E-state index is -2.27. The number of carbonyl (C=O) groups is 3. The first kappa shape index (κ1) is 17.6. The minimum Gasteiger partial charge on any atom is -0.479 e. The molecule has 0 amide bonds. The molecule has 0 fully saturated rings. The normalized spacial score (nSPS) is 12.6. The van der Waals surface area contributed by atoms with E-state index in [0.29, 0.717) is 5.56 Å². The van der Waals surface area contributed by atoms with Crippen LogP contribution in [0.5, 0.6) is 0 Å². The smallest absolute Gasteiger partial charge is 0.335 e. The molecule has 20 heavy (non-hydrogen) atoms. The summed E-state index contributed by atoms with van der Waals surface area (Å²) in [6.07, 6.45) is -4.53. The van der Waals surface area contributed by atoms with Crippen molar-refractivity contribution in [3.8, 4) is 0 Å². The Labute approximate surface area is 113 Å². The molecule has 2 unspecified atom stereocenters. The average molecular weight is 286 g/mol. The van der Waals surface area contributed by atoms with Crippen molar-refractivity contribution in [2.24, 2.45) is 0 Å². The van der Waals surface area contributed by atoms with Crippen LogP contribution in [0.25, 0.3) is 0 Å². The van der Waals surface area contributed by atoms with Crippen LogP contribution < -0.4 is 0 Å². The van der Waals surface area contributed by atoms with E-state index >= 15 is 0 Å². The molecular weight excluding hydrogens is 272 g/mol. The molecule has 0 aromatic heterocycles. The van der Waals surface area contributed by atoms with E-state index in [2.05, 4.69) is 0 Å². The van der Waals surface area contributed by atoms with Crippen LogP contribution in [-0.2, 0) is 9.59 Å². The zero-order valence-corrected chi connectivity index (χ0v) is 10.4. The van der Waals surface area contributed by atoms with Gasteiger partial charge in [-0.3, -0.25) is 0 Å². The van der Waals surface area contributed by atoms with Gasteiger partial charge in [0.05, 0.1) is 5.56 Å². The number of carboxylic acids is 3. The fourth-order valence-corrected chi connectivity index (χ4v) is 1.08. The number of hydrogen-bond acceptors (Lipinski definition) is 5. The number of aromatic carboxylic acids is 1. The van der Waals surface area contributed by atoms with E-state index in [9.17, 15) is 14.4 Å². The molecule has 0 spiro atoms. The van der Waals surface area contributed by atoms with Crippen molar-refractivity contribution >= 4 is 17.9 Å². The second-order valence-corrected chi connectivity index (χ2v) is 3.69. The highest BCUT2D eigenvalue weighted by atomic mass is 16.4. The molecule has 0 aliphatic carbocycles. The van der Waals surface area contributed by atoms with Crippen LogP contribution in [-0.4, -0.2) is 55.6 Å². The molecule has 8 heteroatoms. The molecule has 5 N–H and O–H groups in total. The van der Waals surface area contributed by atoms with E-state index in [1.54, 1.807) is 25.1 Å². The third-order valence-electron chi connectivity index (χ3n) is 2.18. The lowest BCUT2D eigenvalue weighted by molar-refractivity contribution is -0.165. The van der Waals surface area contributed by atoms with Crippen molar-refractivity contribution in [3.05, 3.63) is 35.4 Å². The summed E-state index contributed by atoms with van der Waals surface area (Å²) in [4.78, 5) is 30.0. The zero-order chi connectivity index (χ0) is 15.9. The standard InChI is InChI=1S/C8H8O2.C4H6O6/c1-6-4-2-3-5-7(6)8(9)10;5-1(3(7)8)2(6)4(9)10/h2-5H,1H3,(H,9,10);1-2,5-6H,(H,7,8)(H,9,10). The van der Waals surface area contributed by atoms with Gasteiger partial charge in [0, 0.05) is 0 Å². The van der Waals surface area contributed by atoms with E-state index in [1.165, 1.54) is 0 Å². The molecule has 110 valence electrons. The summed E-state index contributed by atoms with van der Waals surface area (Å²) in [5.74, 6) is -4.40. The van der Waals surface area contributed by atoms with Crippen molar-refractivity contribution in [1.82, 2.24) is 0 Å². The number of carboxylic acid groups (broad SMARTS) is 3. The molecule has 0 radical (unpaired) electrons. The van der Waals surface area contributed by atoms with Gasteiger partial charge in [-0.25, -0.2) is 14.4 Å². The van der Waals surface area contributed by atoms with Crippen LogP contribution in [0.15, 0.2) is 24.3 Å². The Kier molecular flexibility index (Phi) is 6.91. The predicted octanol–water partition coefficient (Wildman–Crippen LogP) is -0.429. The van der Waals surface area contributed by atoms with Gasteiger partial charge in [-0.1, -0.05) is 18.2 Å². The summed E-state index contributed by atoms with van der Waals surface area (Å²) in [5.41, 5.74) is 1.18. The highest BCUT2D eigenvalue weighted by molar-refractivity contribution is 5.89. The highest BCUT2D eigenvalue weighted by Gasteiger charge is 2.29. The predicted molar refractivity (Wildman–Crippen MR) is 65.4 cm³/mol. The van der Waals surface area contributed by atoms with Crippen molar-refractivity contribution < 1.29 is 39.9 Å². The fraction of sp³-hybridized carbons (Fsp3) is 0.250. The molecular formula is C12H14O8. The Hall–Kier alpha value is -2.45. The first-order valence-corrected chi connectivity index (χ1v) is 5.29. The van der Waals surface area contributed by atoms with Gasteiger partial charge in [0.25, 0.3) is 0 Å². The van der Waals surface area contributed by atoms with Crippen LogP contribution in [0.2, 0.25) is 0 Å². The largest absolute Gasteiger partial charge is 0.479 e. The van der Waals surface area contributed by atoms with E-state index in [-0.39, 0.29) is 0 Å². The van der Waals surface area contributed by atoms with Gasteiger partial charge in [-0.2, -0.15) is 0 Å². The second kappa shape index (κ2) is 7.87. The van der Waals surface area contributed by atoms with Gasteiger partial charge in [0.15, 0.2) is 12.2 Å². The van der Waals surface area contributed by atoms with Gasteiger partial charge in [0.2, 0.25) is 0 Å². The maximum atomic E-state index is 10.4. The molecule has 0 aliphatic heterocycles. The Morgan fingerprint density at radius 3 is 1.55 bits per heavy atom. The lowest BCUT2D eigenvalue weighted by atomic mass is 10.1.